The van der Waals surface area contributed by atoms with Crippen LogP contribution in [0.1, 0.15) is 36.2 Å². The van der Waals surface area contributed by atoms with Crippen molar-refractivity contribution in [2.45, 2.75) is 31.2 Å². The largest absolute Gasteiger partial charge is 0.462 e. The van der Waals surface area contributed by atoms with Gasteiger partial charge < -0.3 is 14.1 Å². The lowest BCUT2D eigenvalue weighted by Crippen LogP contribution is -2.60. The Labute approximate surface area is 105 Å². The minimum Gasteiger partial charge on any atom is -0.462 e. The van der Waals surface area contributed by atoms with Crippen molar-refractivity contribution in [1.29, 1.82) is 0 Å². The lowest BCUT2D eigenvalue weighted by molar-refractivity contribution is -0.165. The number of nitrogens with zero attached hydrogens (tertiary/aromatic N) is 1. The molecule has 1 spiro atoms. The smallest absolute Gasteiger partial charge is 0.332 e. The number of morpholine rings is 1. The van der Waals surface area contributed by atoms with E-state index in [4.69, 9.17) is 9.15 Å². The molecule has 0 atom stereocenters. The van der Waals surface area contributed by atoms with Gasteiger partial charge >= 0.3 is 5.97 Å². The van der Waals surface area contributed by atoms with Crippen LogP contribution in [0, 0.1) is 0 Å². The first-order valence-electron chi connectivity index (χ1n) is 6.27. The highest BCUT2D eigenvalue weighted by atomic mass is 16.5. The Morgan fingerprint density at radius 2 is 2.11 bits per heavy atom. The number of rotatable bonds is 1. The van der Waals surface area contributed by atoms with E-state index in [0.29, 0.717) is 19.4 Å². The van der Waals surface area contributed by atoms with Crippen LogP contribution in [-0.4, -0.2) is 35.5 Å². The summed E-state index contributed by atoms with van der Waals surface area (Å²) in [4.78, 5) is 26.1. The van der Waals surface area contributed by atoms with Gasteiger partial charge in [0.15, 0.2) is 5.76 Å². The van der Waals surface area contributed by atoms with E-state index in [1.54, 1.807) is 17.0 Å². The van der Waals surface area contributed by atoms with E-state index in [1.807, 2.05) is 0 Å². The van der Waals surface area contributed by atoms with Gasteiger partial charge in [0.05, 0.1) is 12.8 Å². The molecule has 5 heteroatoms. The fourth-order valence-corrected chi connectivity index (χ4v) is 2.95. The van der Waals surface area contributed by atoms with Gasteiger partial charge in [-0.05, 0) is 25.0 Å². The normalized spacial score (nSPS) is 22.2. The molecule has 1 aliphatic carbocycles. The van der Waals surface area contributed by atoms with Crippen LogP contribution >= 0.6 is 0 Å². The van der Waals surface area contributed by atoms with Crippen LogP contribution in [0.5, 0.6) is 0 Å². The molecule has 1 saturated heterocycles. The standard InChI is InChI=1S/C13H15NO4/c15-11(10-4-3-8-17-10)14-7-9-18-12(16)13(14)5-1-2-6-13/h3-4,8H,1-2,5-7,9H2. The van der Waals surface area contributed by atoms with Crippen LogP contribution in [0.25, 0.3) is 0 Å². The van der Waals surface area contributed by atoms with Crippen molar-refractivity contribution in [3.8, 4) is 0 Å². The molecule has 2 aliphatic rings. The molecule has 0 bridgehead atoms. The van der Waals surface area contributed by atoms with E-state index >= 15 is 0 Å². The zero-order chi connectivity index (χ0) is 12.6. The molecular weight excluding hydrogens is 234 g/mol. The lowest BCUT2D eigenvalue weighted by Gasteiger charge is -2.42. The van der Waals surface area contributed by atoms with Gasteiger partial charge in [0, 0.05) is 0 Å². The van der Waals surface area contributed by atoms with Crippen molar-refractivity contribution >= 4 is 11.9 Å². The molecule has 2 fully saturated rings. The van der Waals surface area contributed by atoms with Crippen molar-refractivity contribution in [3.05, 3.63) is 24.2 Å². The first-order chi connectivity index (χ1) is 8.74. The molecule has 18 heavy (non-hydrogen) atoms. The number of amides is 1. The van der Waals surface area contributed by atoms with Crippen molar-refractivity contribution in [1.82, 2.24) is 4.90 Å². The zero-order valence-electron chi connectivity index (χ0n) is 10.1. The Morgan fingerprint density at radius 3 is 2.78 bits per heavy atom. The maximum Gasteiger partial charge on any atom is 0.332 e. The monoisotopic (exact) mass is 249 g/mol. The van der Waals surface area contributed by atoms with Crippen molar-refractivity contribution in [3.63, 3.8) is 0 Å². The Bertz CT molecular complexity index is 459. The Balaban J connectivity index is 1.93. The summed E-state index contributed by atoms with van der Waals surface area (Å²) in [6.07, 6.45) is 4.77. The second kappa shape index (κ2) is 4.15. The molecule has 0 radical (unpaired) electrons. The Kier molecular flexibility index (Phi) is 2.61. The van der Waals surface area contributed by atoms with Crippen LogP contribution in [0.4, 0.5) is 0 Å². The fraction of sp³-hybridized carbons (Fsp3) is 0.538. The second-order valence-corrected chi connectivity index (χ2v) is 4.81. The van der Waals surface area contributed by atoms with E-state index in [1.165, 1.54) is 6.26 Å². The van der Waals surface area contributed by atoms with Crippen molar-refractivity contribution in [2.24, 2.45) is 0 Å². The van der Waals surface area contributed by atoms with Gasteiger partial charge in [-0.2, -0.15) is 0 Å². The predicted molar refractivity (Wildman–Crippen MR) is 61.9 cm³/mol. The number of esters is 1. The molecule has 1 aromatic heterocycles. The Morgan fingerprint density at radius 1 is 1.33 bits per heavy atom. The minimum absolute atomic E-state index is 0.210. The number of ether oxygens (including phenoxy) is 1. The number of carbonyl (C=O) groups is 2. The first kappa shape index (κ1) is 11.3. The number of hydrogen-bond acceptors (Lipinski definition) is 4. The number of hydrogen-bond donors (Lipinski definition) is 0. The van der Waals surface area contributed by atoms with E-state index < -0.39 is 5.54 Å². The van der Waals surface area contributed by atoms with E-state index in [0.717, 1.165) is 12.8 Å². The molecule has 0 N–H and O–H groups in total. The lowest BCUT2D eigenvalue weighted by atomic mass is 9.93. The topological polar surface area (TPSA) is 59.8 Å². The molecule has 5 nitrogen and oxygen atoms in total. The van der Waals surface area contributed by atoms with Crippen molar-refractivity contribution < 1.29 is 18.7 Å². The SMILES string of the molecule is O=C(c1ccco1)N1CCOC(=O)C12CCCC2. The first-order valence-corrected chi connectivity index (χ1v) is 6.27. The van der Waals surface area contributed by atoms with E-state index in [2.05, 4.69) is 0 Å². The highest BCUT2D eigenvalue weighted by molar-refractivity contribution is 5.96. The summed E-state index contributed by atoms with van der Waals surface area (Å²) >= 11 is 0. The second-order valence-electron chi connectivity index (χ2n) is 4.81. The molecular formula is C13H15NO4. The van der Waals surface area contributed by atoms with Gasteiger partial charge in [0.25, 0.3) is 5.91 Å². The maximum absolute atomic E-state index is 12.4. The molecule has 0 aromatic carbocycles. The van der Waals surface area contributed by atoms with Gasteiger partial charge in [-0.25, -0.2) is 4.79 Å². The summed E-state index contributed by atoms with van der Waals surface area (Å²) in [5, 5.41) is 0. The van der Waals surface area contributed by atoms with Gasteiger partial charge in [0.2, 0.25) is 0 Å². The summed E-state index contributed by atoms with van der Waals surface area (Å²) in [7, 11) is 0. The molecule has 1 aliphatic heterocycles. The summed E-state index contributed by atoms with van der Waals surface area (Å²) in [5.41, 5.74) is -0.748. The van der Waals surface area contributed by atoms with Crippen molar-refractivity contribution in [2.75, 3.05) is 13.2 Å². The van der Waals surface area contributed by atoms with Crippen LogP contribution in [-0.2, 0) is 9.53 Å². The van der Waals surface area contributed by atoms with E-state index in [-0.39, 0.29) is 24.2 Å². The van der Waals surface area contributed by atoms with Gasteiger partial charge in [0.1, 0.15) is 12.1 Å². The number of cyclic esters (lactones) is 1. The average Bonchev–Trinajstić information content (AvgIpc) is 3.03. The van der Waals surface area contributed by atoms with Crippen LogP contribution in [0.2, 0.25) is 0 Å². The zero-order valence-corrected chi connectivity index (χ0v) is 10.1. The molecule has 1 amide bonds. The summed E-state index contributed by atoms with van der Waals surface area (Å²) < 4.78 is 10.3. The van der Waals surface area contributed by atoms with Gasteiger partial charge in [-0.1, -0.05) is 12.8 Å². The minimum atomic E-state index is -0.748. The quantitative estimate of drug-likeness (QED) is 0.709. The summed E-state index contributed by atoms with van der Waals surface area (Å²) in [6.45, 7) is 0.721. The molecule has 96 valence electrons. The van der Waals surface area contributed by atoms with Gasteiger partial charge in [-0.3, -0.25) is 4.79 Å². The molecule has 3 rings (SSSR count). The Hall–Kier alpha value is -1.78. The fourth-order valence-electron chi connectivity index (χ4n) is 2.95. The molecule has 2 heterocycles. The number of carbonyl (C=O) groups excluding carboxylic acids is 2. The third-order valence-electron chi connectivity index (χ3n) is 3.85. The predicted octanol–water partition coefficient (Wildman–Crippen LogP) is 1.59. The van der Waals surface area contributed by atoms with E-state index in [9.17, 15) is 9.59 Å². The van der Waals surface area contributed by atoms with Gasteiger partial charge in [-0.15, -0.1) is 0 Å². The maximum atomic E-state index is 12.4. The molecule has 1 aromatic rings. The van der Waals surface area contributed by atoms with Crippen LogP contribution in [0.3, 0.4) is 0 Å². The summed E-state index contributed by atoms with van der Waals surface area (Å²) in [6, 6.07) is 3.31. The third-order valence-corrected chi connectivity index (χ3v) is 3.85. The highest BCUT2D eigenvalue weighted by Gasteiger charge is 2.52. The van der Waals surface area contributed by atoms with Crippen LogP contribution < -0.4 is 0 Å². The van der Waals surface area contributed by atoms with Crippen LogP contribution in [0.15, 0.2) is 22.8 Å². The average molecular weight is 249 g/mol. The summed E-state index contributed by atoms with van der Waals surface area (Å²) in [5.74, 6) is -0.180. The highest BCUT2D eigenvalue weighted by Crippen LogP contribution is 2.39. The molecule has 1 saturated carbocycles. The molecule has 0 unspecified atom stereocenters. The third kappa shape index (κ3) is 1.54. The number of furan rings is 1.